The van der Waals surface area contributed by atoms with Crippen LogP contribution in [0.4, 0.5) is 18.9 Å². The summed E-state index contributed by atoms with van der Waals surface area (Å²) < 4.78 is 39.5. The standard InChI is InChI=1S/C15H10ClF3INO/c1-8-2-3-9(6-12(8)16)14(22)21-13-5-4-10(20)7-11(13)15(17,18)19/h2-7H,1H3,(H,21,22). The zero-order chi connectivity index (χ0) is 16.5. The van der Waals surface area contributed by atoms with E-state index in [1.54, 1.807) is 35.6 Å². The highest BCUT2D eigenvalue weighted by molar-refractivity contribution is 14.1. The molecule has 2 aromatic rings. The van der Waals surface area contributed by atoms with Gasteiger partial charge in [0.05, 0.1) is 11.3 Å². The maximum Gasteiger partial charge on any atom is 0.418 e. The van der Waals surface area contributed by atoms with Crippen LogP contribution in [0.1, 0.15) is 21.5 Å². The molecule has 0 radical (unpaired) electrons. The first-order valence-electron chi connectivity index (χ1n) is 6.13. The van der Waals surface area contributed by atoms with Crippen LogP contribution in [0.2, 0.25) is 5.02 Å². The number of rotatable bonds is 2. The molecule has 0 heterocycles. The first-order chi connectivity index (χ1) is 10.2. The van der Waals surface area contributed by atoms with Crippen LogP contribution in [0.5, 0.6) is 0 Å². The van der Waals surface area contributed by atoms with E-state index < -0.39 is 17.6 Å². The van der Waals surface area contributed by atoms with Gasteiger partial charge in [-0.15, -0.1) is 0 Å². The van der Waals surface area contributed by atoms with Gasteiger partial charge in [-0.1, -0.05) is 17.7 Å². The highest BCUT2D eigenvalue weighted by atomic mass is 127. The van der Waals surface area contributed by atoms with Gasteiger partial charge in [0.15, 0.2) is 0 Å². The number of hydrogen-bond acceptors (Lipinski definition) is 1. The number of aryl methyl sites for hydroxylation is 1. The van der Waals surface area contributed by atoms with Gasteiger partial charge in [0, 0.05) is 14.2 Å². The molecule has 0 spiro atoms. The molecule has 0 saturated carbocycles. The van der Waals surface area contributed by atoms with Gasteiger partial charge in [0.1, 0.15) is 0 Å². The molecule has 0 fully saturated rings. The van der Waals surface area contributed by atoms with E-state index in [9.17, 15) is 18.0 Å². The normalized spacial score (nSPS) is 11.4. The second-order valence-electron chi connectivity index (χ2n) is 4.61. The van der Waals surface area contributed by atoms with E-state index in [0.717, 1.165) is 11.6 Å². The SMILES string of the molecule is Cc1ccc(C(=O)Nc2ccc(I)cc2C(F)(F)F)cc1Cl. The van der Waals surface area contributed by atoms with Crippen molar-refractivity contribution < 1.29 is 18.0 Å². The molecular weight excluding hydrogens is 430 g/mol. The number of alkyl halides is 3. The lowest BCUT2D eigenvalue weighted by molar-refractivity contribution is -0.137. The highest BCUT2D eigenvalue weighted by Gasteiger charge is 2.34. The van der Waals surface area contributed by atoms with Gasteiger partial charge in [0.2, 0.25) is 0 Å². The quantitative estimate of drug-likeness (QED) is 0.613. The molecule has 0 saturated heterocycles. The molecule has 1 N–H and O–H groups in total. The predicted molar refractivity (Wildman–Crippen MR) is 88.3 cm³/mol. The molecule has 0 atom stereocenters. The Morgan fingerprint density at radius 2 is 1.86 bits per heavy atom. The summed E-state index contributed by atoms with van der Waals surface area (Å²) in [6.45, 7) is 1.77. The summed E-state index contributed by atoms with van der Waals surface area (Å²) in [5.74, 6) is -0.645. The third-order valence-corrected chi connectivity index (χ3v) is 4.05. The monoisotopic (exact) mass is 439 g/mol. The van der Waals surface area contributed by atoms with Gasteiger partial charge in [-0.3, -0.25) is 4.79 Å². The Labute approximate surface area is 143 Å². The van der Waals surface area contributed by atoms with Crippen molar-refractivity contribution in [1.82, 2.24) is 0 Å². The molecule has 116 valence electrons. The van der Waals surface area contributed by atoms with Crippen molar-refractivity contribution in [3.8, 4) is 0 Å². The van der Waals surface area contributed by atoms with Gasteiger partial charge in [-0.05, 0) is 65.4 Å². The number of carbonyl (C=O) groups excluding carboxylic acids is 1. The largest absolute Gasteiger partial charge is 0.418 e. The lowest BCUT2D eigenvalue weighted by Gasteiger charge is -2.14. The molecule has 0 aliphatic carbocycles. The molecule has 2 aromatic carbocycles. The summed E-state index contributed by atoms with van der Waals surface area (Å²) >= 11 is 7.71. The molecule has 0 aliphatic heterocycles. The van der Waals surface area contributed by atoms with Crippen molar-refractivity contribution in [3.63, 3.8) is 0 Å². The number of benzene rings is 2. The third-order valence-electron chi connectivity index (χ3n) is 2.97. The van der Waals surface area contributed by atoms with Crippen LogP contribution in [-0.2, 0) is 6.18 Å². The summed E-state index contributed by atoms with van der Waals surface area (Å²) in [5.41, 5.74) is -0.189. The van der Waals surface area contributed by atoms with E-state index >= 15 is 0 Å². The van der Waals surface area contributed by atoms with Gasteiger partial charge >= 0.3 is 6.18 Å². The molecular formula is C15H10ClF3INO. The van der Waals surface area contributed by atoms with E-state index in [2.05, 4.69) is 5.32 Å². The number of carbonyl (C=O) groups is 1. The molecule has 0 unspecified atom stereocenters. The van der Waals surface area contributed by atoms with Crippen LogP contribution in [0.15, 0.2) is 36.4 Å². The van der Waals surface area contributed by atoms with Gasteiger partial charge in [-0.2, -0.15) is 13.2 Å². The third kappa shape index (κ3) is 3.92. The Morgan fingerprint density at radius 3 is 2.45 bits per heavy atom. The number of anilines is 1. The van der Waals surface area contributed by atoms with Crippen molar-refractivity contribution >= 4 is 45.8 Å². The number of amides is 1. The average Bonchev–Trinajstić information content (AvgIpc) is 2.42. The fourth-order valence-corrected chi connectivity index (χ4v) is 2.46. The zero-order valence-corrected chi connectivity index (χ0v) is 14.2. The van der Waals surface area contributed by atoms with Gasteiger partial charge < -0.3 is 5.32 Å². The van der Waals surface area contributed by atoms with Gasteiger partial charge in [-0.25, -0.2) is 0 Å². The van der Waals surface area contributed by atoms with Crippen molar-refractivity contribution in [2.75, 3.05) is 5.32 Å². The summed E-state index contributed by atoms with van der Waals surface area (Å²) in [5, 5.41) is 2.67. The lowest BCUT2D eigenvalue weighted by atomic mass is 10.1. The molecule has 2 nitrogen and oxygen atoms in total. The predicted octanol–water partition coefficient (Wildman–Crippen LogP) is 5.52. The summed E-state index contributed by atoms with van der Waals surface area (Å²) in [4.78, 5) is 12.1. The van der Waals surface area contributed by atoms with Crippen LogP contribution in [0.25, 0.3) is 0 Å². The Bertz CT molecular complexity index is 731. The van der Waals surface area contributed by atoms with Crippen LogP contribution in [-0.4, -0.2) is 5.91 Å². The molecule has 7 heteroatoms. The molecule has 22 heavy (non-hydrogen) atoms. The van der Waals surface area contributed by atoms with E-state index in [1.165, 1.54) is 24.3 Å². The van der Waals surface area contributed by atoms with E-state index in [1.807, 2.05) is 0 Å². The van der Waals surface area contributed by atoms with Crippen molar-refractivity contribution in [1.29, 1.82) is 0 Å². The van der Waals surface area contributed by atoms with Gasteiger partial charge in [0.25, 0.3) is 5.91 Å². The van der Waals surface area contributed by atoms with Crippen LogP contribution in [0.3, 0.4) is 0 Å². The first-order valence-corrected chi connectivity index (χ1v) is 7.58. The maximum absolute atomic E-state index is 13.0. The fraction of sp³-hybridized carbons (Fsp3) is 0.133. The molecule has 0 bridgehead atoms. The smallest absolute Gasteiger partial charge is 0.321 e. The zero-order valence-electron chi connectivity index (χ0n) is 11.3. The Balaban J connectivity index is 2.34. The minimum Gasteiger partial charge on any atom is -0.321 e. The summed E-state index contributed by atoms with van der Waals surface area (Å²) in [6, 6.07) is 8.28. The van der Waals surface area contributed by atoms with Crippen LogP contribution >= 0.6 is 34.2 Å². The number of hydrogen-bond donors (Lipinski definition) is 1. The minimum absolute atomic E-state index is 0.197. The summed E-state index contributed by atoms with van der Waals surface area (Å²) in [6.07, 6.45) is -4.55. The fourth-order valence-electron chi connectivity index (χ4n) is 1.79. The average molecular weight is 440 g/mol. The Hall–Kier alpha value is -1.28. The second kappa shape index (κ2) is 6.45. The topological polar surface area (TPSA) is 29.1 Å². The Morgan fingerprint density at radius 1 is 1.18 bits per heavy atom. The van der Waals surface area contributed by atoms with E-state index in [-0.39, 0.29) is 11.3 Å². The molecule has 1 amide bonds. The van der Waals surface area contributed by atoms with Crippen molar-refractivity contribution in [3.05, 3.63) is 61.7 Å². The summed E-state index contributed by atoms with van der Waals surface area (Å²) in [7, 11) is 0. The first kappa shape index (κ1) is 17.1. The second-order valence-corrected chi connectivity index (χ2v) is 6.26. The lowest BCUT2D eigenvalue weighted by Crippen LogP contribution is -2.17. The Kier molecular flexibility index (Phi) is 5.01. The van der Waals surface area contributed by atoms with Crippen LogP contribution < -0.4 is 5.32 Å². The van der Waals surface area contributed by atoms with E-state index in [0.29, 0.717) is 8.59 Å². The minimum atomic E-state index is -4.55. The van der Waals surface area contributed by atoms with E-state index in [4.69, 9.17) is 11.6 Å². The molecule has 2 rings (SSSR count). The molecule has 0 aliphatic rings. The van der Waals surface area contributed by atoms with Crippen molar-refractivity contribution in [2.45, 2.75) is 13.1 Å². The maximum atomic E-state index is 13.0. The van der Waals surface area contributed by atoms with Crippen molar-refractivity contribution in [2.24, 2.45) is 0 Å². The number of nitrogens with one attached hydrogen (secondary N) is 1. The highest BCUT2D eigenvalue weighted by Crippen LogP contribution is 2.36. The molecule has 0 aromatic heterocycles. The number of halogens is 5. The van der Waals surface area contributed by atoms with Crippen LogP contribution in [0, 0.1) is 10.5 Å².